The molecular formula is C14H13F3O4. The maximum atomic E-state index is 13.5. The van der Waals surface area contributed by atoms with Crippen LogP contribution in [0.2, 0.25) is 0 Å². The van der Waals surface area contributed by atoms with E-state index in [1.54, 1.807) is 6.07 Å². The van der Waals surface area contributed by atoms with Gasteiger partial charge in [-0.2, -0.15) is 13.2 Å². The largest absolute Gasteiger partial charge is 0.478 e. The summed E-state index contributed by atoms with van der Waals surface area (Å²) in [7, 11) is 0. The van der Waals surface area contributed by atoms with Gasteiger partial charge in [-0.05, 0) is 26.0 Å². The molecule has 21 heavy (non-hydrogen) atoms. The molecule has 0 bridgehead atoms. The third-order valence-corrected chi connectivity index (χ3v) is 2.83. The Hall–Kier alpha value is -2.02. The molecule has 0 aliphatic carbocycles. The standard InChI is InChI=1S/C14H13F3O4/c1-8(2)20-13(14(15,16)17)10(12(18)19)7-9-5-3-4-6-11(9)21-13/h3-8H,1-2H3,(H,18,19). The molecule has 0 spiro atoms. The van der Waals surface area contributed by atoms with Gasteiger partial charge in [0.1, 0.15) is 11.3 Å². The van der Waals surface area contributed by atoms with E-state index < -0.39 is 29.6 Å². The zero-order valence-corrected chi connectivity index (χ0v) is 11.3. The van der Waals surface area contributed by atoms with Crippen LogP contribution in [-0.2, 0) is 9.53 Å². The molecular weight excluding hydrogens is 289 g/mol. The highest BCUT2D eigenvalue weighted by molar-refractivity contribution is 5.95. The number of hydrogen-bond donors (Lipinski definition) is 1. The van der Waals surface area contributed by atoms with Crippen molar-refractivity contribution in [2.75, 3.05) is 0 Å². The maximum absolute atomic E-state index is 13.5. The molecule has 1 aliphatic heterocycles. The second-order valence-corrected chi connectivity index (χ2v) is 4.78. The summed E-state index contributed by atoms with van der Waals surface area (Å²) in [5.74, 6) is -5.15. The lowest BCUT2D eigenvalue weighted by Gasteiger charge is -2.39. The fourth-order valence-electron chi connectivity index (χ4n) is 2.05. The minimum Gasteiger partial charge on any atom is -0.478 e. The van der Waals surface area contributed by atoms with Gasteiger partial charge in [0.25, 0.3) is 0 Å². The lowest BCUT2D eigenvalue weighted by Crippen LogP contribution is -2.57. The lowest BCUT2D eigenvalue weighted by atomic mass is 9.97. The number of benzene rings is 1. The summed E-state index contributed by atoms with van der Waals surface area (Å²) in [4.78, 5) is 11.3. The van der Waals surface area contributed by atoms with Crippen molar-refractivity contribution >= 4 is 12.0 Å². The van der Waals surface area contributed by atoms with E-state index in [2.05, 4.69) is 0 Å². The van der Waals surface area contributed by atoms with E-state index in [1.165, 1.54) is 32.0 Å². The van der Waals surface area contributed by atoms with Crippen LogP contribution in [0.15, 0.2) is 29.8 Å². The number of ether oxygens (including phenoxy) is 2. The Kier molecular flexibility index (Phi) is 3.71. The minimum atomic E-state index is -5.05. The fourth-order valence-corrected chi connectivity index (χ4v) is 2.05. The molecule has 2 rings (SSSR count). The van der Waals surface area contributed by atoms with E-state index in [0.717, 1.165) is 6.08 Å². The van der Waals surface area contributed by atoms with Gasteiger partial charge in [0.15, 0.2) is 0 Å². The van der Waals surface area contributed by atoms with Crippen LogP contribution in [0.1, 0.15) is 19.4 Å². The number of halogens is 3. The summed E-state index contributed by atoms with van der Waals surface area (Å²) in [6.45, 7) is 2.74. The molecule has 1 atom stereocenters. The highest BCUT2D eigenvalue weighted by atomic mass is 19.4. The highest BCUT2D eigenvalue weighted by Crippen LogP contribution is 2.46. The van der Waals surface area contributed by atoms with E-state index in [9.17, 15) is 18.0 Å². The van der Waals surface area contributed by atoms with Gasteiger partial charge in [0.05, 0.1) is 6.10 Å². The van der Waals surface area contributed by atoms with Crippen LogP contribution in [0.25, 0.3) is 6.08 Å². The Balaban J connectivity index is 2.67. The summed E-state index contributed by atoms with van der Waals surface area (Å²) in [6.07, 6.45) is -5.01. The molecule has 1 aromatic carbocycles. The molecule has 4 nitrogen and oxygen atoms in total. The predicted molar refractivity (Wildman–Crippen MR) is 67.7 cm³/mol. The Morgan fingerprint density at radius 2 is 1.95 bits per heavy atom. The summed E-state index contributed by atoms with van der Waals surface area (Å²) < 4.78 is 50.4. The van der Waals surface area contributed by atoms with Crippen molar-refractivity contribution in [3.8, 4) is 5.75 Å². The summed E-state index contributed by atoms with van der Waals surface area (Å²) in [5, 5.41) is 9.15. The van der Waals surface area contributed by atoms with E-state index in [-0.39, 0.29) is 11.3 Å². The fraction of sp³-hybridized carbons (Fsp3) is 0.357. The number of aliphatic carboxylic acids is 1. The molecule has 1 N–H and O–H groups in total. The SMILES string of the molecule is CC(C)OC1(C(F)(F)F)Oc2ccccc2C=C1C(=O)O. The van der Waals surface area contributed by atoms with Gasteiger partial charge in [0, 0.05) is 5.56 Å². The first kappa shape index (κ1) is 15.4. The van der Waals surface area contributed by atoms with E-state index >= 15 is 0 Å². The number of rotatable bonds is 3. The molecule has 0 amide bonds. The number of carboxylic acids is 1. The molecule has 0 fully saturated rings. The zero-order chi connectivity index (χ0) is 15.8. The Labute approximate surface area is 118 Å². The number of para-hydroxylation sites is 1. The molecule has 114 valence electrons. The second kappa shape index (κ2) is 5.07. The Morgan fingerprint density at radius 1 is 1.33 bits per heavy atom. The van der Waals surface area contributed by atoms with Crippen molar-refractivity contribution < 1.29 is 32.5 Å². The molecule has 1 unspecified atom stereocenters. The summed E-state index contributed by atoms with van der Waals surface area (Å²) in [6, 6.07) is 5.86. The summed E-state index contributed by atoms with van der Waals surface area (Å²) in [5.41, 5.74) is -0.746. The van der Waals surface area contributed by atoms with E-state index in [0.29, 0.717) is 0 Å². The third kappa shape index (κ3) is 2.61. The van der Waals surface area contributed by atoms with Gasteiger partial charge in [-0.1, -0.05) is 18.2 Å². The summed E-state index contributed by atoms with van der Waals surface area (Å²) >= 11 is 0. The normalized spacial score (nSPS) is 21.5. The molecule has 0 saturated heterocycles. The quantitative estimate of drug-likeness (QED) is 0.931. The smallest absolute Gasteiger partial charge is 0.460 e. The van der Waals surface area contributed by atoms with Crippen molar-refractivity contribution in [3.63, 3.8) is 0 Å². The maximum Gasteiger partial charge on any atom is 0.460 e. The van der Waals surface area contributed by atoms with Gasteiger partial charge in [-0.25, -0.2) is 4.79 Å². The van der Waals surface area contributed by atoms with Crippen molar-refractivity contribution in [1.82, 2.24) is 0 Å². The minimum absolute atomic E-state index is 0.0829. The average Bonchev–Trinajstić information content (AvgIpc) is 2.35. The Morgan fingerprint density at radius 3 is 2.48 bits per heavy atom. The van der Waals surface area contributed by atoms with Crippen LogP contribution in [-0.4, -0.2) is 29.1 Å². The first-order valence-electron chi connectivity index (χ1n) is 6.15. The number of fused-ring (bicyclic) bond motifs is 1. The third-order valence-electron chi connectivity index (χ3n) is 2.83. The van der Waals surface area contributed by atoms with Crippen LogP contribution in [0.4, 0.5) is 13.2 Å². The van der Waals surface area contributed by atoms with Crippen molar-refractivity contribution in [2.45, 2.75) is 31.9 Å². The number of carboxylic acid groups (broad SMARTS) is 1. The lowest BCUT2D eigenvalue weighted by molar-refractivity contribution is -0.342. The van der Waals surface area contributed by atoms with Crippen LogP contribution >= 0.6 is 0 Å². The molecule has 0 radical (unpaired) electrons. The van der Waals surface area contributed by atoms with Crippen LogP contribution in [0.3, 0.4) is 0 Å². The van der Waals surface area contributed by atoms with Crippen molar-refractivity contribution in [3.05, 3.63) is 35.4 Å². The second-order valence-electron chi connectivity index (χ2n) is 4.78. The van der Waals surface area contributed by atoms with Crippen molar-refractivity contribution in [2.24, 2.45) is 0 Å². The molecule has 1 aromatic rings. The van der Waals surface area contributed by atoms with E-state index in [4.69, 9.17) is 14.6 Å². The predicted octanol–water partition coefficient (Wildman–Crippen LogP) is 3.23. The number of hydrogen-bond acceptors (Lipinski definition) is 3. The van der Waals surface area contributed by atoms with Gasteiger partial charge >= 0.3 is 17.9 Å². The topological polar surface area (TPSA) is 55.8 Å². The molecule has 7 heteroatoms. The van der Waals surface area contributed by atoms with Crippen LogP contribution < -0.4 is 4.74 Å². The first-order valence-corrected chi connectivity index (χ1v) is 6.15. The van der Waals surface area contributed by atoms with Gasteiger partial charge < -0.3 is 14.6 Å². The molecule has 0 saturated carbocycles. The van der Waals surface area contributed by atoms with Crippen LogP contribution in [0.5, 0.6) is 5.75 Å². The van der Waals surface area contributed by atoms with Gasteiger partial charge in [-0.3, -0.25) is 0 Å². The highest BCUT2D eigenvalue weighted by Gasteiger charge is 2.65. The van der Waals surface area contributed by atoms with Crippen LogP contribution in [0, 0.1) is 0 Å². The zero-order valence-electron chi connectivity index (χ0n) is 11.3. The van der Waals surface area contributed by atoms with Gasteiger partial charge in [-0.15, -0.1) is 0 Å². The molecule has 0 aromatic heterocycles. The number of carbonyl (C=O) groups is 1. The Bertz CT molecular complexity index is 592. The average molecular weight is 302 g/mol. The molecule has 1 aliphatic rings. The monoisotopic (exact) mass is 302 g/mol. The van der Waals surface area contributed by atoms with Crippen molar-refractivity contribution in [1.29, 1.82) is 0 Å². The number of alkyl halides is 3. The first-order chi connectivity index (χ1) is 9.67. The molecule has 1 heterocycles. The van der Waals surface area contributed by atoms with E-state index in [1.807, 2.05) is 0 Å². The van der Waals surface area contributed by atoms with Gasteiger partial charge in [0.2, 0.25) is 0 Å².